The van der Waals surface area contributed by atoms with E-state index in [0.29, 0.717) is 19.6 Å². The molecular weight excluding hydrogens is 330 g/mol. The molecule has 6 heteroatoms. The molecule has 1 unspecified atom stereocenters. The summed E-state index contributed by atoms with van der Waals surface area (Å²) in [5.74, 6) is 0.752. The normalized spacial score (nSPS) is 15.9. The van der Waals surface area contributed by atoms with Crippen LogP contribution < -0.4 is 10.5 Å². The van der Waals surface area contributed by atoms with E-state index < -0.39 is 15.1 Å². The van der Waals surface area contributed by atoms with E-state index in [1.165, 1.54) is 0 Å². The molecule has 2 N–H and O–H groups in total. The van der Waals surface area contributed by atoms with Gasteiger partial charge in [0.25, 0.3) is 0 Å². The number of hydrogen-bond acceptors (Lipinski definition) is 4. The molecule has 0 saturated carbocycles. The van der Waals surface area contributed by atoms with Gasteiger partial charge >= 0.3 is 0 Å². The maximum Gasteiger partial charge on any atom is 0.157 e. The molecule has 0 fully saturated rings. The molecule has 1 aromatic rings. The number of ether oxygens (including phenoxy) is 1. The summed E-state index contributed by atoms with van der Waals surface area (Å²) in [6.45, 7) is 2.71. The fraction of sp³-hybridized carbons (Fsp3) is 0.538. The molecule has 106 valence electrons. The Bertz CT molecular complexity index is 571. The van der Waals surface area contributed by atoms with E-state index >= 15 is 0 Å². The standard InChI is InChI=1S/C13H18BrNO3S/c1-9(2-4-15)19(16,17)8-11-7-12(14)6-10-3-5-18-13(10)11/h6-7,9H,2-5,8,15H2,1H3. The van der Waals surface area contributed by atoms with Gasteiger partial charge in [0.2, 0.25) is 0 Å². The van der Waals surface area contributed by atoms with Gasteiger partial charge in [-0.15, -0.1) is 0 Å². The lowest BCUT2D eigenvalue weighted by molar-refractivity contribution is 0.354. The van der Waals surface area contributed by atoms with Crippen LogP contribution in [-0.2, 0) is 22.0 Å². The quantitative estimate of drug-likeness (QED) is 0.884. The van der Waals surface area contributed by atoms with Gasteiger partial charge in [0.1, 0.15) is 5.75 Å². The number of nitrogens with two attached hydrogens (primary N) is 1. The highest BCUT2D eigenvalue weighted by molar-refractivity contribution is 9.10. The molecule has 1 aliphatic heterocycles. The third kappa shape index (κ3) is 3.30. The van der Waals surface area contributed by atoms with Crippen molar-refractivity contribution in [1.82, 2.24) is 0 Å². The van der Waals surface area contributed by atoms with Crippen LogP contribution in [0.2, 0.25) is 0 Å². The van der Waals surface area contributed by atoms with Crippen LogP contribution in [0.1, 0.15) is 24.5 Å². The van der Waals surface area contributed by atoms with Gasteiger partial charge in [-0.1, -0.05) is 15.9 Å². The zero-order valence-electron chi connectivity index (χ0n) is 10.9. The van der Waals surface area contributed by atoms with Crippen LogP contribution in [0.3, 0.4) is 0 Å². The lowest BCUT2D eigenvalue weighted by Gasteiger charge is -2.14. The number of halogens is 1. The van der Waals surface area contributed by atoms with Crippen LogP contribution in [0.4, 0.5) is 0 Å². The predicted molar refractivity (Wildman–Crippen MR) is 79.1 cm³/mol. The van der Waals surface area contributed by atoms with Crippen molar-refractivity contribution in [1.29, 1.82) is 0 Å². The summed E-state index contributed by atoms with van der Waals surface area (Å²) in [6.07, 6.45) is 1.32. The van der Waals surface area contributed by atoms with Gasteiger partial charge in [-0.25, -0.2) is 8.42 Å². The topological polar surface area (TPSA) is 69.4 Å². The Morgan fingerprint density at radius 2 is 2.21 bits per heavy atom. The number of benzene rings is 1. The molecule has 19 heavy (non-hydrogen) atoms. The van der Waals surface area contributed by atoms with Crippen LogP contribution in [0.15, 0.2) is 16.6 Å². The van der Waals surface area contributed by atoms with Gasteiger partial charge in [0, 0.05) is 16.5 Å². The van der Waals surface area contributed by atoms with E-state index in [2.05, 4.69) is 15.9 Å². The summed E-state index contributed by atoms with van der Waals surface area (Å²) in [7, 11) is -3.19. The van der Waals surface area contributed by atoms with Gasteiger partial charge in [-0.05, 0) is 37.6 Å². The van der Waals surface area contributed by atoms with Crippen LogP contribution >= 0.6 is 15.9 Å². The minimum atomic E-state index is -3.19. The second-order valence-electron chi connectivity index (χ2n) is 4.85. The maximum atomic E-state index is 12.3. The number of rotatable bonds is 5. The summed E-state index contributed by atoms with van der Waals surface area (Å²) in [5, 5.41) is -0.423. The Morgan fingerprint density at radius 3 is 2.89 bits per heavy atom. The summed E-state index contributed by atoms with van der Waals surface area (Å²) in [5.41, 5.74) is 7.25. The monoisotopic (exact) mass is 347 g/mol. The zero-order chi connectivity index (χ0) is 14.0. The maximum absolute atomic E-state index is 12.3. The van der Waals surface area contributed by atoms with Crippen molar-refractivity contribution in [2.75, 3.05) is 13.2 Å². The highest BCUT2D eigenvalue weighted by Gasteiger charge is 2.25. The first-order valence-electron chi connectivity index (χ1n) is 6.30. The molecule has 2 rings (SSSR count). The fourth-order valence-corrected chi connectivity index (χ4v) is 4.21. The molecule has 0 aliphatic carbocycles. The number of hydrogen-bond donors (Lipinski definition) is 1. The Morgan fingerprint density at radius 1 is 1.47 bits per heavy atom. The lowest BCUT2D eigenvalue weighted by atomic mass is 10.1. The number of fused-ring (bicyclic) bond motifs is 1. The predicted octanol–water partition coefficient (Wildman–Crippen LogP) is 2.04. The number of sulfone groups is 1. The van der Waals surface area contributed by atoms with Crippen molar-refractivity contribution < 1.29 is 13.2 Å². The molecule has 0 amide bonds. The van der Waals surface area contributed by atoms with E-state index in [1.54, 1.807) is 6.92 Å². The van der Waals surface area contributed by atoms with Crippen LogP contribution in [-0.4, -0.2) is 26.8 Å². The van der Waals surface area contributed by atoms with Gasteiger partial charge < -0.3 is 10.5 Å². The van der Waals surface area contributed by atoms with E-state index in [4.69, 9.17) is 10.5 Å². The largest absolute Gasteiger partial charge is 0.493 e. The first-order chi connectivity index (χ1) is 8.94. The first kappa shape index (κ1) is 14.8. The Hall–Kier alpha value is -0.590. The van der Waals surface area contributed by atoms with Crippen molar-refractivity contribution in [2.45, 2.75) is 30.8 Å². The van der Waals surface area contributed by atoms with Crippen LogP contribution in [0.5, 0.6) is 5.75 Å². The second kappa shape index (κ2) is 5.81. The minimum Gasteiger partial charge on any atom is -0.493 e. The lowest BCUT2D eigenvalue weighted by Crippen LogP contribution is -2.23. The third-order valence-corrected chi connectivity index (χ3v) is 6.00. The highest BCUT2D eigenvalue weighted by Crippen LogP contribution is 2.34. The summed E-state index contributed by atoms with van der Waals surface area (Å²) in [4.78, 5) is 0. The van der Waals surface area contributed by atoms with Crippen LogP contribution in [0, 0.1) is 0 Å². The molecule has 0 saturated heterocycles. The van der Waals surface area contributed by atoms with Crippen molar-refractivity contribution in [2.24, 2.45) is 5.73 Å². The van der Waals surface area contributed by atoms with Gasteiger partial charge in [0.15, 0.2) is 9.84 Å². The molecular formula is C13H18BrNO3S. The van der Waals surface area contributed by atoms with E-state index in [1.807, 2.05) is 12.1 Å². The smallest absolute Gasteiger partial charge is 0.157 e. The minimum absolute atomic E-state index is 0.00986. The Kier molecular flexibility index (Phi) is 4.53. The molecule has 0 spiro atoms. The first-order valence-corrected chi connectivity index (χ1v) is 8.80. The molecule has 1 aliphatic rings. The molecule has 1 aromatic carbocycles. The zero-order valence-corrected chi connectivity index (χ0v) is 13.3. The SMILES string of the molecule is CC(CCN)S(=O)(=O)Cc1cc(Br)cc2c1OCC2. The fourth-order valence-electron chi connectivity index (χ4n) is 2.23. The van der Waals surface area contributed by atoms with E-state index in [9.17, 15) is 8.42 Å². The molecule has 4 nitrogen and oxygen atoms in total. The molecule has 1 heterocycles. The molecule has 0 aromatic heterocycles. The Balaban J connectivity index is 2.29. The second-order valence-corrected chi connectivity index (χ2v) is 8.18. The van der Waals surface area contributed by atoms with Crippen molar-refractivity contribution >= 4 is 25.8 Å². The van der Waals surface area contributed by atoms with Gasteiger partial charge in [-0.3, -0.25) is 0 Å². The molecule has 0 bridgehead atoms. The van der Waals surface area contributed by atoms with Crippen LogP contribution in [0.25, 0.3) is 0 Å². The summed E-state index contributed by atoms with van der Waals surface area (Å²) >= 11 is 3.42. The summed E-state index contributed by atoms with van der Waals surface area (Å²) in [6, 6.07) is 3.82. The average molecular weight is 348 g/mol. The molecule has 0 radical (unpaired) electrons. The van der Waals surface area contributed by atoms with Gasteiger partial charge in [-0.2, -0.15) is 0 Å². The van der Waals surface area contributed by atoms with Gasteiger partial charge in [0.05, 0.1) is 17.6 Å². The van der Waals surface area contributed by atoms with Crippen molar-refractivity contribution in [3.63, 3.8) is 0 Å². The van der Waals surface area contributed by atoms with E-state index in [-0.39, 0.29) is 5.75 Å². The van der Waals surface area contributed by atoms with Crippen molar-refractivity contribution in [3.8, 4) is 5.75 Å². The summed E-state index contributed by atoms with van der Waals surface area (Å²) < 4.78 is 31.0. The average Bonchev–Trinajstić information content (AvgIpc) is 2.76. The highest BCUT2D eigenvalue weighted by atomic mass is 79.9. The van der Waals surface area contributed by atoms with Crippen molar-refractivity contribution in [3.05, 3.63) is 27.7 Å². The van der Waals surface area contributed by atoms with E-state index in [0.717, 1.165) is 27.8 Å². The Labute approximate surface area is 122 Å². The third-order valence-electron chi connectivity index (χ3n) is 3.37. The molecule has 1 atom stereocenters.